The number of hydrogen-bond donors (Lipinski definition) is 0. The third-order valence-corrected chi connectivity index (χ3v) is 7.32. The van der Waals surface area contributed by atoms with Gasteiger partial charge in [-0.2, -0.15) is 0 Å². The number of unbranched alkanes of at least 4 members (excludes halogenated alkanes) is 3. The molecule has 0 nitrogen and oxygen atoms in total. The van der Waals surface area contributed by atoms with Crippen molar-refractivity contribution in [3.63, 3.8) is 0 Å². The molecule has 0 saturated heterocycles. The molecule has 0 radical (unpaired) electrons. The van der Waals surface area contributed by atoms with Crippen LogP contribution in [0.25, 0.3) is 0 Å². The van der Waals surface area contributed by atoms with Gasteiger partial charge in [-0.15, -0.1) is 12.3 Å². The normalized spacial score (nSPS) is 25.6. The molecule has 146 valence electrons. The Morgan fingerprint density at radius 1 is 1.08 bits per heavy atom. The minimum Gasteiger partial charge on any atom is -0.120 e. The first-order valence-corrected chi connectivity index (χ1v) is 11.3. The van der Waals surface area contributed by atoms with E-state index < -0.39 is 0 Å². The van der Waals surface area contributed by atoms with E-state index in [1.54, 1.807) is 0 Å². The lowest BCUT2D eigenvalue weighted by atomic mass is 9.69. The van der Waals surface area contributed by atoms with Crippen molar-refractivity contribution >= 4 is 0 Å². The van der Waals surface area contributed by atoms with Gasteiger partial charge in [0.1, 0.15) is 0 Å². The minimum absolute atomic E-state index is 0.345. The fourth-order valence-electron chi connectivity index (χ4n) is 4.93. The molecule has 0 heterocycles. The van der Waals surface area contributed by atoms with Crippen LogP contribution in [0.15, 0.2) is 0 Å². The molecule has 0 spiro atoms. The molecule has 0 aromatic carbocycles. The van der Waals surface area contributed by atoms with Crippen molar-refractivity contribution < 1.29 is 0 Å². The molecule has 1 aliphatic rings. The molecular formula is C25H46. The largest absolute Gasteiger partial charge is 0.120 e. The highest BCUT2D eigenvalue weighted by atomic mass is 14.4. The van der Waals surface area contributed by atoms with Crippen LogP contribution in [0.3, 0.4) is 0 Å². The molecule has 0 amide bonds. The van der Waals surface area contributed by atoms with Gasteiger partial charge < -0.3 is 0 Å². The number of terminal acetylenes is 1. The second-order valence-electron chi connectivity index (χ2n) is 9.66. The van der Waals surface area contributed by atoms with Gasteiger partial charge in [0.2, 0.25) is 0 Å². The van der Waals surface area contributed by atoms with Gasteiger partial charge in [-0.25, -0.2) is 0 Å². The molecule has 1 saturated carbocycles. The second kappa shape index (κ2) is 11.3. The Kier molecular flexibility index (Phi) is 10.2. The van der Waals surface area contributed by atoms with E-state index in [0.717, 1.165) is 23.7 Å². The Hall–Kier alpha value is -0.440. The summed E-state index contributed by atoms with van der Waals surface area (Å²) in [4.78, 5) is 0. The Bertz CT molecular complexity index is 389. The average Bonchev–Trinajstić information content (AvgIpc) is 3.31. The molecule has 1 aliphatic carbocycles. The lowest BCUT2D eigenvalue weighted by Gasteiger charge is -2.35. The van der Waals surface area contributed by atoms with Crippen LogP contribution in [0, 0.1) is 47.3 Å². The summed E-state index contributed by atoms with van der Waals surface area (Å²) in [7, 11) is 0. The van der Waals surface area contributed by atoms with E-state index >= 15 is 0 Å². The van der Waals surface area contributed by atoms with Crippen molar-refractivity contribution in [2.75, 3.05) is 0 Å². The zero-order valence-corrected chi connectivity index (χ0v) is 18.2. The maximum atomic E-state index is 5.95. The van der Waals surface area contributed by atoms with E-state index in [2.05, 4.69) is 47.5 Å². The van der Waals surface area contributed by atoms with Crippen LogP contribution in [0.4, 0.5) is 0 Å². The second-order valence-corrected chi connectivity index (χ2v) is 9.66. The lowest BCUT2D eigenvalue weighted by Crippen LogP contribution is -2.26. The first kappa shape index (κ1) is 22.6. The van der Waals surface area contributed by atoms with Gasteiger partial charge in [-0.1, -0.05) is 80.1 Å². The van der Waals surface area contributed by atoms with Gasteiger partial charge in [-0.05, 0) is 61.2 Å². The molecule has 6 atom stereocenters. The fourth-order valence-corrected chi connectivity index (χ4v) is 4.93. The Balaban J connectivity index is 2.35. The molecule has 0 aromatic heterocycles. The van der Waals surface area contributed by atoms with E-state index in [9.17, 15) is 0 Å². The number of hydrogen-bond acceptors (Lipinski definition) is 0. The third kappa shape index (κ3) is 7.76. The fraction of sp³-hybridized carbons (Fsp3) is 0.920. The summed E-state index contributed by atoms with van der Waals surface area (Å²) in [6, 6.07) is 0. The van der Waals surface area contributed by atoms with Crippen LogP contribution < -0.4 is 0 Å². The molecule has 1 rings (SSSR count). The van der Waals surface area contributed by atoms with E-state index in [1.807, 2.05) is 0 Å². The first-order chi connectivity index (χ1) is 11.9. The summed E-state index contributed by atoms with van der Waals surface area (Å²) >= 11 is 0. The van der Waals surface area contributed by atoms with Crippen molar-refractivity contribution in [2.24, 2.45) is 35.0 Å². The Morgan fingerprint density at radius 2 is 1.76 bits per heavy atom. The molecule has 25 heavy (non-hydrogen) atoms. The van der Waals surface area contributed by atoms with Crippen LogP contribution >= 0.6 is 0 Å². The van der Waals surface area contributed by atoms with E-state index in [4.69, 9.17) is 6.42 Å². The van der Waals surface area contributed by atoms with Crippen molar-refractivity contribution in [1.29, 1.82) is 0 Å². The van der Waals surface area contributed by atoms with Crippen LogP contribution in [0.5, 0.6) is 0 Å². The molecule has 6 unspecified atom stereocenters. The van der Waals surface area contributed by atoms with Crippen molar-refractivity contribution in [1.82, 2.24) is 0 Å². The van der Waals surface area contributed by atoms with Gasteiger partial charge in [0, 0.05) is 5.92 Å². The summed E-state index contributed by atoms with van der Waals surface area (Å²) in [5.41, 5.74) is 0.345. The zero-order chi connectivity index (χ0) is 18.9. The monoisotopic (exact) mass is 346 g/mol. The molecular weight excluding hydrogens is 300 g/mol. The molecule has 0 aromatic rings. The van der Waals surface area contributed by atoms with Crippen molar-refractivity contribution in [3.8, 4) is 12.3 Å². The topological polar surface area (TPSA) is 0 Å². The molecule has 0 N–H and O–H groups in total. The Labute approximate surface area is 159 Å². The van der Waals surface area contributed by atoms with Gasteiger partial charge in [0.05, 0.1) is 0 Å². The highest BCUT2D eigenvalue weighted by molar-refractivity contribution is 5.01. The van der Waals surface area contributed by atoms with Gasteiger partial charge >= 0.3 is 0 Å². The zero-order valence-electron chi connectivity index (χ0n) is 18.2. The summed E-state index contributed by atoms with van der Waals surface area (Å²) in [6.45, 7) is 14.4. The van der Waals surface area contributed by atoms with E-state index in [0.29, 0.717) is 11.3 Å². The smallest absolute Gasteiger partial charge is 0.0253 e. The standard InChI is InChI=1S/C25H46/c1-8-11-12-13-16-23(9-2)25(7,10-3)17-14-15-20(4)18-21(5)24-19-22(24)6/h2,20-24H,8,10-19H2,1,3-7H3. The predicted molar refractivity (Wildman–Crippen MR) is 114 cm³/mol. The van der Waals surface area contributed by atoms with Gasteiger partial charge in [0.25, 0.3) is 0 Å². The summed E-state index contributed by atoms with van der Waals surface area (Å²) in [5.74, 6) is 7.46. The van der Waals surface area contributed by atoms with Crippen molar-refractivity contribution in [2.45, 2.75) is 112 Å². The maximum absolute atomic E-state index is 5.95. The molecule has 1 fully saturated rings. The van der Waals surface area contributed by atoms with Crippen LogP contribution in [0.1, 0.15) is 112 Å². The maximum Gasteiger partial charge on any atom is 0.0253 e. The predicted octanol–water partition coefficient (Wildman–Crippen LogP) is 8.11. The van der Waals surface area contributed by atoms with Crippen LogP contribution in [-0.2, 0) is 0 Å². The average molecular weight is 347 g/mol. The third-order valence-electron chi connectivity index (χ3n) is 7.32. The quantitative estimate of drug-likeness (QED) is 0.220. The van der Waals surface area contributed by atoms with Crippen molar-refractivity contribution in [3.05, 3.63) is 0 Å². The number of rotatable bonds is 14. The van der Waals surface area contributed by atoms with Gasteiger partial charge in [0.15, 0.2) is 0 Å². The van der Waals surface area contributed by atoms with Crippen LogP contribution in [0.2, 0.25) is 0 Å². The highest BCUT2D eigenvalue weighted by Crippen LogP contribution is 2.46. The molecule has 0 bridgehead atoms. The highest BCUT2D eigenvalue weighted by Gasteiger charge is 2.37. The Morgan fingerprint density at radius 3 is 2.28 bits per heavy atom. The summed E-state index contributed by atoms with van der Waals surface area (Å²) < 4.78 is 0. The minimum atomic E-state index is 0.345. The SMILES string of the molecule is C#CC(CCCCCC)C(C)(CC)CCCC(C)CC(C)C1CC1C. The summed E-state index contributed by atoms with van der Waals surface area (Å²) in [5, 5.41) is 0. The summed E-state index contributed by atoms with van der Waals surface area (Å²) in [6.07, 6.45) is 20.7. The molecule has 0 heteroatoms. The van der Waals surface area contributed by atoms with E-state index in [-0.39, 0.29) is 0 Å². The lowest BCUT2D eigenvalue weighted by molar-refractivity contribution is 0.181. The van der Waals surface area contributed by atoms with Gasteiger partial charge in [-0.3, -0.25) is 0 Å². The molecule has 0 aliphatic heterocycles. The van der Waals surface area contributed by atoms with E-state index in [1.165, 1.54) is 70.6 Å². The van der Waals surface area contributed by atoms with Crippen LogP contribution in [-0.4, -0.2) is 0 Å². The first-order valence-electron chi connectivity index (χ1n) is 11.3.